The molecule has 0 radical (unpaired) electrons. The summed E-state index contributed by atoms with van der Waals surface area (Å²) in [7, 11) is 0. The molecule has 0 heterocycles. The number of esters is 3. The Morgan fingerprint density at radius 2 is 0.609 bits per heavy atom. The van der Waals surface area contributed by atoms with Gasteiger partial charge in [0.25, 0.3) is 0 Å². The Bertz CT molecular complexity index is 1080. The Hall–Kier alpha value is -2.37. The van der Waals surface area contributed by atoms with Gasteiger partial charge in [-0.2, -0.15) is 0 Å². The molecule has 64 heavy (non-hydrogen) atoms. The number of allylic oxidation sites excluding steroid dienone is 6. The maximum absolute atomic E-state index is 12.8. The summed E-state index contributed by atoms with van der Waals surface area (Å²) in [6.07, 6.45) is 62.7. The normalized spacial score (nSPS) is 12.2. The fourth-order valence-electron chi connectivity index (χ4n) is 8.22. The van der Waals surface area contributed by atoms with Crippen LogP contribution in [0.2, 0.25) is 0 Å². The second-order valence-corrected chi connectivity index (χ2v) is 18.8. The number of hydrogen-bond donors (Lipinski definition) is 0. The predicted octanol–water partition coefficient (Wildman–Crippen LogP) is 18.5. The third-order valence-electron chi connectivity index (χ3n) is 12.4. The van der Waals surface area contributed by atoms with Gasteiger partial charge in [0, 0.05) is 19.3 Å². The lowest BCUT2D eigenvalue weighted by atomic mass is 10.0. The minimum atomic E-state index is -0.769. The van der Waals surface area contributed by atoms with Crippen molar-refractivity contribution in [3.05, 3.63) is 36.5 Å². The van der Waals surface area contributed by atoms with Crippen LogP contribution in [0, 0.1) is 0 Å². The highest BCUT2D eigenvalue weighted by atomic mass is 16.6. The SMILES string of the molecule is CC/C=C\C/C=C\C/C=C\CCCCCCCCCCCC(=O)OCC(COC(=O)CCCCCCCCCCCCC)OC(=O)CCCCCCCCCCCCCCCCCC. The van der Waals surface area contributed by atoms with Gasteiger partial charge in [0.05, 0.1) is 0 Å². The van der Waals surface area contributed by atoms with Crippen LogP contribution < -0.4 is 0 Å². The molecule has 1 unspecified atom stereocenters. The lowest BCUT2D eigenvalue weighted by Gasteiger charge is -2.18. The molecule has 0 aromatic rings. The number of hydrogen-bond acceptors (Lipinski definition) is 6. The molecule has 0 aromatic heterocycles. The molecule has 0 N–H and O–H groups in total. The first-order valence-electron chi connectivity index (χ1n) is 28.0. The summed E-state index contributed by atoms with van der Waals surface area (Å²) in [5.74, 6) is -0.858. The molecule has 0 rings (SSSR count). The van der Waals surface area contributed by atoms with E-state index in [-0.39, 0.29) is 31.1 Å². The van der Waals surface area contributed by atoms with Crippen LogP contribution in [0.1, 0.15) is 297 Å². The standard InChI is InChI=1S/C58H106O6/c1-4-7-10-13-16-19-22-24-26-28-29-30-32-33-36-39-42-45-48-51-57(60)63-54-55(53-62-56(59)50-47-44-41-38-35-21-18-15-12-9-6-3)64-58(61)52-49-46-43-40-37-34-31-27-25-23-20-17-14-11-8-5-2/h7,10,16,19,24,26,55H,4-6,8-9,11-15,17-18,20-23,25,27-54H2,1-3H3/b10-7-,19-16-,26-24-. The van der Waals surface area contributed by atoms with Gasteiger partial charge in [-0.3, -0.25) is 14.4 Å². The van der Waals surface area contributed by atoms with Crippen molar-refractivity contribution in [3.8, 4) is 0 Å². The molecular formula is C58H106O6. The molecule has 0 saturated heterocycles. The van der Waals surface area contributed by atoms with E-state index in [1.807, 2.05) is 0 Å². The molecule has 0 aromatic carbocycles. The summed E-state index contributed by atoms with van der Waals surface area (Å²) < 4.78 is 16.8. The quantitative estimate of drug-likeness (QED) is 0.0262. The first-order chi connectivity index (χ1) is 31.5. The van der Waals surface area contributed by atoms with Crippen LogP contribution in [0.5, 0.6) is 0 Å². The van der Waals surface area contributed by atoms with Crippen LogP contribution in [0.15, 0.2) is 36.5 Å². The van der Waals surface area contributed by atoms with Gasteiger partial charge < -0.3 is 14.2 Å². The van der Waals surface area contributed by atoms with Gasteiger partial charge in [0.2, 0.25) is 0 Å². The average molecular weight is 899 g/mol. The number of rotatable bonds is 51. The summed E-state index contributed by atoms with van der Waals surface area (Å²) in [6, 6.07) is 0. The molecule has 6 nitrogen and oxygen atoms in total. The average Bonchev–Trinajstić information content (AvgIpc) is 3.29. The van der Waals surface area contributed by atoms with Gasteiger partial charge in [-0.1, -0.05) is 263 Å². The Morgan fingerprint density at radius 1 is 0.328 bits per heavy atom. The summed E-state index contributed by atoms with van der Waals surface area (Å²) in [5, 5.41) is 0. The van der Waals surface area contributed by atoms with Gasteiger partial charge in [0.15, 0.2) is 6.10 Å². The third kappa shape index (κ3) is 50.6. The van der Waals surface area contributed by atoms with Gasteiger partial charge in [0.1, 0.15) is 13.2 Å². The molecule has 0 saturated carbocycles. The molecular weight excluding hydrogens is 793 g/mol. The van der Waals surface area contributed by atoms with E-state index in [4.69, 9.17) is 14.2 Å². The van der Waals surface area contributed by atoms with E-state index in [0.29, 0.717) is 19.3 Å². The molecule has 6 heteroatoms. The Kier molecular flexibility index (Phi) is 51.3. The Balaban J connectivity index is 4.30. The van der Waals surface area contributed by atoms with E-state index in [9.17, 15) is 14.4 Å². The second-order valence-electron chi connectivity index (χ2n) is 18.8. The van der Waals surface area contributed by atoms with Crippen LogP contribution in [-0.4, -0.2) is 37.2 Å². The molecule has 0 amide bonds. The third-order valence-corrected chi connectivity index (χ3v) is 12.4. The zero-order chi connectivity index (χ0) is 46.5. The van der Waals surface area contributed by atoms with E-state index < -0.39 is 6.10 Å². The molecule has 0 fully saturated rings. The van der Waals surface area contributed by atoms with Crippen molar-refractivity contribution in [1.29, 1.82) is 0 Å². The van der Waals surface area contributed by atoms with Crippen LogP contribution in [0.4, 0.5) is 0 Å². The Labute approximate surface area is 397 Å². The molecule has 0 spiro atoms. The van der Waals surface area contributed by atoms with Crippen molar-refractivity contribution in [3.63, 3.8) is 0 Å². The minimum absolute atomic E-state index is 0.0689. The van der Waals surface area contributed by atoms with Crippen molar-refractivity contribution in [1.82, 2.24) is 0 Å². The number of carbonyl (C=O) groups is 3. The number of ether oxygens (including phenoxy) is 3. The zero-order valence-corrected chi connectivity index (χ0v) is 42.8. The van der Waals surface area contributed by atoms with E-state index >= 15 is 0 Å². The monoisotopic (exact) mass is 899 g/mol. The first kappa shape index (κ1) is 61.6. The van der Waals surface area contributed by atoms with Crippen LogP contribution >= 0.6 is 0 Å². The van der Waals surface area contributed by atoms with Crippen LogP contribution in [0.25, 0.3) is 0 Å². The van der Waals surface area contributed by atoms with E-state index in [0.717, 1.165) is 77.0 Å². The largest absolute Gasteiger partial charge is 0.462 e. The lowest BCUT2D eigenvalue weighted by Crippen LogP contribution is -2.30. The van der Waals surface area contributed by atoms with Crippen molar-refractivity contribution in [2.24, 2.45) is 0 Å². The highest BCUT2D eigenvalue weighted by molar-refractivity contribution is 5.71. The van der Waals surface area contributed by atoms with E-state index in [1.165, 1.54) is 180 Å². The molecule has 1 atom stereocenters. The first-order valence-corrected chi connectivity index (χ1v) is 28.0. The van der Waals surface area contributed by atoms with Crippen molar-refractivity contribution < 1.29 is 28.6 Å². The van der Waals surface area contributed by atoms with Crippen LogP contribution in [-0.2, 0) is 28.6 Å². The maximum atomic E-state index is 12.8. The van der Waals surface area contributed by atoms with E-state index in [2.05, 4.69) is 57.2 Å². The summed E-state index contributed by atoms with van der Waals surface area (Å²) in [5.41, 5.74) is 0. The molecule has 0 bridgehead atoms. The topological polar surface area (TPSA) is 78.9 Å². The summed E-state index contributed by atoms with van der Waals surface area (Å²) in [4.78, 5) is 38.1. The predicted molar refractivity (Wildman–Crippen MR) is 275 cm³/mol. The van der Waals surface area contributed by atoms with Gasteiger partial charge in [-0.05, 0) is 51.4 Å². The molecule has 0 aliphatic rings. The lowest BCUT2D eigenvalue weighted by molar-refractivity contribution is -0.167. The number of unbranched alkanes of at least 4 members (excludes halogenated alkanes) is 34. The molecule has 0 aliphatic heterocycles. The second kappa shape index (κ2) is 53.2. The van der Waals surface area contributed by atoms with Gasteiger partial charge in [-0.15, -0.1) is 0 Å². The summed E-state index contributed by atoms with van der Waals surface area (Å²) >= 11 is 0. The van der Waals surface area contributed by atoms with Crippen LogP contribution in [0.3, 0.4) is 0 Å². The van der Waals surface area contributed by atoms with Gasteiger partial charge in [-0.25, -0.2) is 0 Å². The smallest absolute Gasteiger partial charge is 0.306 e. The summed E-state index contributed by atoms with van der Waals surface area (Å²) in [6.45, 7) is 6.56. The molecule has 0 aliphatic carbocycles. The van der Waals surface area contributed by atoms with Crippen molar-refractivity contribution in [2.45, 2.75) is 303 Å². The fraction of sp³-hybridized carbons (Fsp3) is 0.845. The minimum Gasteiger partial charge on any atom is -0.462 e. The molecule has 374 valence electrons. The maximum Gasteiger partial charge on any atom is 0.306 e. The Morgan fingerprint density at radius 3 is 0.953 bits per heavy atom. The number of carbonyl (C=O) groups excluding carboxylic acids is 3. The highest BCUT2D eigenvalue weighted by Crippen LogP contribution is 2.17. The van der Waals surface area contributed by atoms with Crippen molar-refractivity contribution in [2.75, 3.05) is 13.2 Å². The zero-order valence-electron chi connectivity index (χ0n) is 42.8. The highest BCUT2D eigenvalue weighted by Gasteiger charge is 2.19. The van der Waals surface area contributed by atoms with E-state index in [1.54, 1.807) is 0 Å². The van der Waals surface area contributed by atoms with Gasteiger partial charge >= 0.3 is 17.9 Å². The fourth-order valence-corrected chi connectivity index (χ4v) is 8.22. The van der Waals surface area contributed by atoms with Crippen molar-refractivity contribution >= 4 is 17.9 Å².